The first-order valence-electron chi connectivity index (χ1n) is 4.63. The molecule has 0 radical (unpaired) electrons. The number of benzene rings is 1. The van der Waals surface area contributed by atoms with E-state index in [9.17, 15) is 4.79 Å². The zero-order valence-electron chi connectivity index (χ0n) is 7.99. The Labute approximate surface area is 82.3 Å². The molecule has 0 bridgehead atoms. The van der Waals surface area contributed by atoms with Gasteiger partial charge in [0.25, 0.3) is 0 Å². The maximum atomic E-state index is 10.8. The zero-order valence-corrected chi connectivity index (χ0v) is 7.99. The van der Waals surface area contributed by atoms with Gasteiger partial charge in [-0.25, -0.2) is 4.79 Å². The van der Waals surface area contributed by atoms with Gasteiger partial charge in [-0.3, -0.25) is 0 Å². The van der Waals surface area contributed by atoms with Crippen LogP contribution in [0.25, 0.3) is 0 Å². The minimum atomic E-state index is -0.880. The van der Waals surface area contributed by atoms with Crippen LogP contribution in [-0.2, 0) is 0 Å². The number of carbonyl (C=O) groups is 1. The van der Waals surface area contributed by atoms with Gasteiger partial charge in [0.15, 0.2) is 0 Å². The molecule has 74 valence electrons. The Morgan fingerprint density at radius 1 is 1.50 bits per heavy atom. The number of aromatic carboxylic acids is 1. The molecule has 1 aromatic rings. The van der Waals surface area contributed by atoms with Crippen molar-refractivity contribution in [2.75, 3.05) is 7.11 Å². The van der Waals surface area contributed by atoms with Crippen LogP contribution < -0.4 is 4.74 Å². The molecule has 0 aliphatic heterocycles. The van der Waals surface area contributed by atoms with Crippen molar-refractivity contribution in [1.82, 2.24) is 0 Å². The van der Waals surface area contributed by atoms with E-state index in [1.807, 2.05) is 0 Å². The summed E-state index contributed by atoms with van der Waals surface area (Å²) in [5.41, 5.74) is 1.38. The summed E-state index contributed by atoms with van der Waals surface area (Å²) in [6, 6.07) is 5.03. The summed E-state index contributed by atoms with van der Waals surface area (Å²) in [6.07, 6.45) is 2.28. The minimum absolute atomic E-state index is 0.340. The molecule has 1 N–H and O–H groups in total. The lowest BCUT2D eigenvalue weighted by Gasteiger charge is -2.07. The third-order valence-electron chi connectivity index (χ3n) is 2.49. The van der Waals surface area contributed by atoms with Gasteiger partial charge in [-0.2, -0.15) is 0 Å². The summed E-state index contributed by atoms with van der Waals surface area (Å²) >= 11 is 0. The highest BCUT2D eigenvalue weighted by Crippen LogP contribution is 2.44. The zero-order chi connectivity index (χ0) is 10.1. The van der Waals surface area contributed by atoms with Crippen LogP contribution in [0.15, 0.2) is 18.2 Å². The van der Waals surface area contributed by atoms with E-state index in [1.54, 1.807) is 25.3 Å². The summed E-state index contributed by atoms with van der Waals surface area (Å²) in [6.45, 7) is 0. The van der Waals surface area contributed by atoms with Gasteiger partial charge in [0.05, 0.1) is 12.7 Å². The number of hydrogen-bond acceptors (Lipinski definition) is 2. The third-order valence-corrected chi connectivity index (χ3v) is 2.49. The molecular weight excluding hydrogens is 180 g/mol. The van der Waals surface area contributed by atoms with E-state index in [0.29, 0.717) is 11.5 Å². The lowest BCUT2D eigenvalue weighted by molar-refractivity contribution is 0.0696. The molecule has 1 aliphatic rings. The third kappa shape index (κ3) is 1.58. The largest absolute Gasteiger partial charge is 0.496 e. The maximum Gasteiger partial charge on any atom is 0.335 e. The average molecular weight is 192 g/mol. The van der Waals surface area contributed by atoms with Crippen LogP contribution in [-0.4, -0.2) is 18.2 Å². The van der Waals surface area contributed by atoms with Crippen LogP contribution in [0.4, 0.5) is 0 Å². The van der Waals surface area contributed by atoms with Gasteiger partial charge in [0.1, 0.15) is 5.75 Å². The second-order valence-corrected chi connectivity index (χ2v) is 3.54. The van der Waals surface area contributed by atoms with Crippen LogP contribution >= 0.6 is 0 Å². The van der Waals surface area contributed by atoms with Crippen LogP contribution in [0.2, 0.25) is 0 Å². The SMILES string of the molecule is COc1ccc(C(=O)O)cc1C1CC1. The topological polar surface area (TPSA) is 46.5 Å². The molecule has 3 heteroatoms. The molecule has 14 heavy (non-hydrogen) atoms. The lowest BCUT2D eigenvalue weighted by atomic mass is 10.1. The highest BCUT2D eigenvalue weighted by atomic mass is 16.5. The van der Waals surface area contributed by atoms with Gasteiger partial charge in [-0.15, -0.1) is 0 Å². The molecule has 1 aromatic carbocycles. The lowest BCUT2D eigenvalue weighted by Crippen LogP contribution is -1.99. The number of methoxy groups -OCH3 is 1. The monoisotopic (exact) mass is 192 g/mol. The van der Waals surface area contributed by atoms with Gasteiger partial charge in [0.2, 0.25) is 0 Å². The standard InChI is InChI=1S/C11H12O3/c1-14-10-5-4-8(11(12)13)6-9(10)7-2-3-7/h4-7H,2-3H2,1H3,(H,12,13). The van der Waals surface area contributed by atoms with Gasteiger partial charge in [-0.1, -0.05) is 0 Å². The van der Waals surface area contributed by atoms with Crippen LogP contribution in [0.3, 0.4) is 0 Å². The van der Waals surface area contributed by atoms with Gasteiger partial charge in [0, 0.05) is 0 Å². The highest BCUT2D eigenvalue weighted by molar-refractivity contribution is 5.88. The molecule has 3 nitrogen and oxygen atoms in total. The van der Waals surface area contributed by atoms with Crippen molar-refractivity contribution in [3.63, 3.8) is 0 Å². The van der Waals surface area contributed by atoms with Crippen molar-refractivity contribution in [1.29, 1.82) is 0 Å². The van der Waals surface area contributed by atoms with Crippen LogP contribution in [0, 0.1) is 0 Å². The molecule has 0 heterocycles. The maximum absolute atomic E-state index is 10.8. The molecule has 0 amide bonds. The molecule has 0 aromatic heterocycles. The highest BCUT2D eigenvalue weighted by Gasteiger charge is 2.27. The number of carboxylic acid groups (broad SMARTS) is 1. The van der Waals surface area contributed by atoms with Crippen molar-refractivity contribution in [2.45, 2.75) is 18.8 Å². The number of hydrogen-bond donors (Lipinski definition) is 1. The summed E-state index contributed by atoms with van der Waals surface area (Å²) in [5, 5.41) is 8.83. The van der Waals surface area contributed by atoms with Crippen LogP contribution in [0.5, 0.6) is 5.75 Å². The molecule has 1 aliphatic carbocycles. The van der Waals surface area contributed by atoms with E-state index in [4.69, 9.17) is 9.84 Å². The van der Waals surface area contributed by atoms with Crippen molar-refractivity contribution in [3.8, 4) is 5.75 Å². The Morgan fingerprint density at radius 3 is 2.71 bits per heavy atom. The van der Waals surface area contributed by atoms with Crippen molar-refractivity contribution < 1.29 is 14.6 Å². The number of carboxylic acids is 1. The summed E-state index contributed by atoms with van der Waals surface area (Å²) in [4.78, 5) is 10.8. The number of ether oxygens (including phenoxy) is 1. The first-order chi connectivity index (χ1) is 6.72. The Hall–Kier alpha value is -1.51. The summed E-state index contributed by atoms with van der Waals surface area (Å²) < 4.78 is 5.19. The van der Waals surface area contributed by atoms with E-state index >= 15 is 0 Å². The first-order valence-corrected chi connectivity index (χ1v) is 4.63. The van der Waals surface area contributed by atoms with Gasteiger partial charge >= 0.3 is 5.97 Å². The Morgan fingerprint density at radius 2 is 2.21 bits per heavy atom. The summed E-state index contributed by atoms with van der Waals surface area (Å²) in [5.74, 6) is 0.427. The van der Waals surface area contributed by atoms with E-state index in [-0.39, 0.29) is 0 Å². The second kappa shape index (κ2) is 3.33. The molecule has 1 saturated carbocycles. The van der Waals surface area contributed by atoms with Crippen LogP contribution in [0.1, 0.15) is 34.7 Å². The Kier molecular flexibility index (Phi) is 2.15. The molecule has 0 atom stereocenters. The van der Waals surface area contributed by atoms with Gasteiger partial charge < -0.3 is 9.84 Å². The molecular formula is C11H12O3. The van der Waals surface area contributed by atoms with Gasteiger partial charge in [-0.05, 0) is 42.5 Å². The fourth-order valence-electron chi connectivity index (χ4n) is 1.58. The molecule has 0 unspecified atom stereocenters. The van der Waals surface area contributed by atoms with E-state index in [0.717, 1.165) is 24.2 Å². The van der Waals surface area contributed by atoms with E-state index in [1.165, 1.54) is 0 Å². The van der Waals surface area contributed by atoms with E-state index in [2.05, 4.69) is 0 Å². The quantitative estimate of drug-likeness (QED) is 0.799. The van der Waals surface area contributed by atoms with Crippen molar-refractivity contribution in [3.05, 3.63) is 29.3 Å². The smallest absolute Gasteiger partial charge is 0.335 e. The first kappa shape index (κ1) is 9.06. The van der Waals surface area contributed by atoms with Crippen molar-refractivity contribution >= 4 is 5.97 Å². The fraction of sp³-hybridized carbons (Fsp3) is 0.364. The molecule has 0 spiro atoms. The minimum Gasteiger partial charge on any atom is -0.496 e. The second-order valence-electron chi connectivity index (χ2n) is 3.54. The van der Waals surface area contributed by atoms with E-state index < -0.39 is 5.97 Å². The number of rotatable bonds is 3. The average Bonchev–Trinajstić information content (AvgIpc) is 3.00. The predicted molar refractivity (Wildman–Crippen MR) is 51.9 cm³/mol. The van der Waals surface area contributed by atoms with Crippen molar-refractivity contribution in [2.24, 2.45) is 0 Å². The Balaban J connectivity index is 2.41. The predicted octanol–water partition coefficient (Wildman–Crippen LogP) is 2.27. The molecule has 2 rings (SSSR count). The molecule has 1 fully saturated rings. The Bertz CT molecular complexity index is 367. The molecule has 0 saturated heterocycles. The fourth-order valence-corrected chi connectivity index (χ4v) is 1.58. The summed E-state index contributed by atoms with van der Waals surface area (Å²) in [7, 11) is 1.61. The normalized spacial score (nSPS) is 15.2.